The Morgan fingerprint density at radius 2 is 2.24 bits per heavy atom. The van der Waals surface area contributed by atoms with Gasteiger partial charge in [-0.15, -0.1) is 5.10 Å². The van der Waals surface area contributed by atoms with Crippen LogP contribution in [0.4, 0.5) is 5.82 Å². The van der Waals surface area contributed by atoms with Gasteiger partial charge in [-0.05, 0) is 37.6 Å². The van der Waals surface area contributed by atoms with Crippen LogP contribution in [0.2, 0.25) is 0 Å². The van der Waals surface area contributed by atoms with Crippen LogP contribution in [0.3, 0.4) is 0 Å². The third-order valence-electron chi connectivity index (χ3n) is 5.13. The van der Waals surface area contributed by atoms with Gasteiger partial charge >= 0.3 is 0 Å². The fourth-order valence-electron chi connectivity index (χ4n) is 3.77. The van der Waals surface area contributed by atoms with E-state index >= 15 is 0 Å². The first-order valence-electron chi connectivity index (χ1n) is 8.66. The van der Waals surface area contributed by atoms with Crippen molar-refractivity contribution in [1.82, 2.24) is 19.7 Å². The molecule has 2 unspecified atom stereocenters. The molecule has 0 saturated carbocycles. The number of aryl methyl sites for hydroxylation is 2. The van der Waals surface area contributed by atoms with Crippen LogP contribution >= 0.6 is 0 Å². The molecule has 2 aliphatic heterocycles. The average molecular weight is 341 g/mol. The molecule has 0 aromatic carbocycles. The summed E-state index contributed by atoms with van der Waals surface area (Å²) >= 11 is 0. The predicted octanol–water partition coefficient (Wildman–Crippen LogP) is 1.61. The van der Waals surface area contributed by atoms with Crippen molar-refractivity contribution in [2.75, 3.05) is 25.0 Å². The Hall–Kier alpha value is -2.41. The highest BCUT2D eigenvalue weighted by Crippen LogP contribution is 2.36. The summed E-state index contributed by atoms with van der Waals surface area (Å²) in [5.74, 6) is 0.847. The second-order valence-electron chi connectivity index (χ2n) is 7.08. The molecule has 0 radical (unpaired) electrons. The second-order valence-corrected chi connectivity index (χ2v) is 7.08. The molecule has 2 aromatic heterocycles. The first-order chi connectivity index (χ1) is 12.0. The molecule has 132 valence electrons. The number of rotatable bonds is 3. The molecule has 2 atom stereocenters. The molecule has 4 heterocycles. The van der Waals surface area contributed by atoms with Gasteiger partial charge in [0.15, 0.2) is 0 Å². The molecule has 0 bridgehead atoms. The number of likely N-dealkylation sites (tertiary alicyclic amines) is 1. The quantitative estimate of drug-likeness (QED) is 0.918. The molecule has 2 saturated heterocycles. The third-order valence-corrected chi connectivity index (χ3v) is 5.13. The summed E-state index contributed by atoms with van der Waals surface area (Å²) in [5.41, 5.74) is 1.38. The van der Waals surface area contributed by atoms with Gasteiger partial charge in [0.05, 0.1) is 30.5 Å². The maximum atomic E-state index is 12.7. The van der Waals surface area contributed by atoms with Crippen LogP contribution in [-0.4, -0.2) is 56.9 Å². The van der Waals surface area contributed by atoms with E-state index < -0.39 is 0 Å². The summed E-state index contributed by atoms with van der Waals surface area (Å²) in [4.78, 5) is 14.6. The van der Waals surface area contributed by atoms with Crippen LogP contribution in [-0.2, 0) is 11.8 Å². The SMILES string of the molecule is Cc1ccc(NC2COC3(CCN(C(=O)c4cccn4C)C3)C2)nn1. The van der Waals surface area contributed by atoms with Gasteiger partial charge in [-0.3, -0.25) is 4.79 Å². The molecule has 1 N–H and O–H groups in total. The number of carbonyl (C=O) groups excluding carboxylic acids is 1. The summed E-state index contributed by atoms with van der Waals surface area (Å²) in [6, 6.07) is 7.84. The van der Waals surface area contributed by atoms with Gasteiger partial charge in [-0.2, -0.15) is 5.10 Å². The van der Waals surface area contributed by atoms with E-state index in [1.54, 1.807) is 0 Å². The highest BCUT2D eigenvalue weighted by atomic mass is 16.5. The molecule has 1 spiro atoms. The fourth-order valence-corrected chi connectivity index (χ4v) is 3.77. The lowest BCUT2D eigenvalue weighted by Gasteiger charge is -2.23. The van der Waals surface area contributed by atoms with Gasteiger partial charge in [0, 0.05) is 26.2 Å². The van der Waals surface area contributed by atoms with Crippen molar-refractivity contribution in [3.63, 3.8) is 0 Å². The van der Waals surface area contributed by atoms with Gasteiger partial charge < -0.3 is 19.5 Å². The highest BCUT2D eigenvalue weighted by molar-refractivity contribution is 5.93. The number of amides is 1. The minimum atomic E-state index is -0.239. The molecule has 25 heavy (non-hydrogen) atoms. The largest absolute Gasteiger partial charge is 0.371 e. The smallest absolute Gasteiger partial charge is 0.270 e. The van der Waals surface area contributed by atoms with Crippen molar-refractivity contribution >= 4 is 11.7 Å². The summed E-state index contributed by atoms with van der Waals surface area (Å²) in [6.45, 7) is 3.93. The first kappa shape index (κ1) is 16.1. The Morgan fingerprint density at radius 1 is 1.36 bits per heavy atom. The van der Waals surface area contributed by atoms with Crippen molar-refractivity contribution < 1.29 is 9.53 Å². The zero-order valence-corrected chi connectivity index (χ0v) is 14.6. The molecule has 2 fully saturated rings. The van der Waals surface area contributed by atoms with E-state index in [0.717, 1.165) is 36.6 Å². The molecule has 0 aliphatic carbocycles. The monoisotopic (exact) mass is 341 g/mol. The van der Waals surface area contributed by atoms with E-state index in [0.29, 0.717) is 13.2 Å². The normalized spacial score (nSPS) is 25.7. The number of hydrogen-bond acceptors (Lipinski definition) is 5. The Labute approximate surface area is 147 Å². The van der Waals surface area contributed by atoms with Gasteiger partial charge in [0.1, 0.15) is 11.5 Å². The van der Waals surface area contributed by atoms with Crippen LogP contribution < -0.4 is 5.32 Å². The van der Waals surface area contributed by atoms with E-state index in [2.05, 4.69) is 15.5 Å². The van der Waals surface area contributed by atoms with Crippen molar-refractivity contribution in [2.24, 2.45) is 7.05 Å². The summed E-state index contributed by atoms with van der Waals surface area (Å²) < 4.78 is 7.99. The van der Waals surface area contributed by atoms with E-state index in [1.165, 1.54) is 0 Å². The molecule has 4 rings (SSSR count). The van der Waals surface area contributed by atoms with Crippen LogP contribution in [0.25, 0.3) is 0 Å². The van der Waals surface area contributed by atoms with Gasteiger partial charge in [-0.1, -0.05) is 0 Å². The van der Waals surface area contributed by atoms with E-state index in [1.807, 2.05) is 53.9 Å². The van der Waals surface area contributed by atoms with Crippen molar-refractivity contribution in [3.8, 4) is 0 Å². The molecule has 7 heteroatoms. The number of carbonyl (C=O) groups is 1. The number of aromatic nitrogens is 3. The zero-order valence-electron chi connectivity index (χ0n) is 14.6. The number of ether oxygens (including phenoxy) is 1. The molecule has 7 nitrogen and oxygen atoms in total. The number of anilines is 1. The lowest BCUT2D eigenvalue weighted by Crippen LogP contribution is -2.36. The molecule has 1 amide bonds. The van der Waals surface area contributed by atoms with Crippen molar-refractivity contribution in [3.05, 3.63) is 41.9 Å². The Balaban J connectivity index is 1.39. The molecule has 2 aromatic rings. The lowest BCUT2D eigenvalue weighted by atomic mass is 9.97. The first-order valence-corrected chi connectivity index (χ1v) is 8.66. The van der Waals surface area contributed by atoms with Gasteiger partial charge in [-0.25, -0.2) is 0 Å². The maximum Gasteiger partial charge on any atom is 0.270 e. The van der Waals surface area contributed by atoms with Crippen LogP contribution in [0.1, 0.15) is 29.0 Å². The lowest BCUT2D eigenvalue weighted by molar-refractivity contribution is 0.0124. The Bertz CT molecular complexity index is 772. The second kappa shape index (κ2) is 6.15. The van der Waals surface area contributed by atoms with Gasteiger partial charge in [0.2, 0.25) is 0 Å². The Morgan fingerprint density at radius 3 is 2.96 bits per heavy atom. The summed E-state index contributed by atoms with van der Waals surface area (Å²) in [5, 5.41) is 11.6. The standard InChI is InChI=1S/C18H23N5O2/c1-13-5-6-16(21-20-13)19-14-10-18(25-11-14)7-9-23(12-18)17(24)15-4-3-8-22(15)2/h3-6,8,14H,7,9-12H2,1-2H3,(H,19,21). The average Bonchev–Trinajstić information content (AvgIpc) is 3.31. The van der Waals surface area contributed by atoms with Crippen molar-refractivity contribution in [2.45, 2.75) is 31.4 Å². The number of hydrogen-bond donors (Lipinski definition) is 1. The molecular formula is C18H23N5O2. The number of nitrogens with zero attached hydrogens (tertiary/aromatic N) is 4. The third kappa shape index (κ3) is 3.11. The minimum absolute atomic E-state index is 0.0776. The topological polar surface area (TPSA) is 72.3 Å². The summed E-state index contributed by atoms with van der Waals surface area (Å²) in [7, 11) is 1.90. The number of nitrogens with one attached hydrogen (secondary N) is 1. The molecule has 2 aliphatic rings. The van der Waals surface area contributed by atoms with Crippen molar-refractivity contribution in [1.29, 1.82) is 0 Å². The van der Waals surface area contributed by atoms with Crippen LogP contribution in [0, 0.1) is 6.92 Å². The van der Waals surface area contributed by atoms with E-state index in [-0.39, 0.29) is 17.6 Å². The van der Waals surface area contributed by atoms with Crippen LogP contribution in [0.15, 0.2) is 30.5 Å². The Kier molecular flexibility index (Phi) is 3.95. The van der Waals surface area contributed by atoms with Crippen LogP contribution in [0.5, 0.6) is 0 Å². The van der Waals surface area contributed by atoms with E-state index in [4.69, 9.17) is 4.74 Å². The van der Waals surface area contributed by atoms with E-state index in [9.17, 15) is 4.79 Å². The maximum absolute atomic E-state index is 12.7. The summed E-state index contributed by atoms with van der Waals surface area (Å²) in [6.07, 6.45) is 3.65. The predicted molar refractivity (Wildman–Crippen MR) is 93.4 cm³/mol. The highest BCUT2D eigenvalue weighted by Gasteiger charge is 2.47. The zero-order chi connectivity index (χ0) is 17.4. The minimum Gasteiger partial charge on any atom is -0.371 e. The fraction of sp³-hybridized carbons (Fsp3) is 0.500. The molecular weight excluding hydrogens is 318 g/mol. The van der Waals surface area contributed by atoms with Gasteiger partial charge in [0.25, 0.3) is 5.91 Å².